The highest BCUT2D eigenvalue weighted by molar-refractivity contribution is 5.79. The summed E-state index contributed by atoms with van der Waals surface area (Å²) in [6.45, 7) is 2.63. The number of hydrogen-bond acceptors (Lipinski definition) is 5. The lowest BCUT2D eigenvalue weighted by atomic mass is 10.3. The van der Waals surface area contributed by atoms with E-state index in [9.17, 15) is 5.21 Å². The molecule has 0 bridgehead atoms. The fourth-order valence-corrected chi connectivity index (χ4v) is 1.98. The Morgan fingerprint density at radius 2 is 2.04 bits per heavy atom. The van der Waals surface area contributed by atoms with Gasteiger partial charge in [0.2, 0.25) is 11.9 Å². The normalized spacial score (nSPS) is 12.9. The number of hydrogen-bond donors (Lipinski definition) is 2. The first-order valence-electron chi connectivity index (χ1n) is 7.61. The van der Waals surface area contributed by atoms with Crippen LogP contribution in [0, 0.1) is 0 Å². The second-order valence-corrected chi connectivity index (χ2v) is 4.97. The SMILES string of the molecule is CC(N=NCCc1cccc[n+]1O)=NN=c1ccccn1CCO. The van der Waals surface area contributed by atoms with Gasteiger partial charge in [-0.05, 0) is 25.1 Å². The van der Waals surface area contributed by atoms with Crippen molar-refractivity contribution in [2.75, 3.05) is 13.2 Å². The Bertz CT molecular complexity index is 782. The number of aliphatic hydroxyl groups excluding tert-OH is 1. The van der Waals surface area contributed by atoms with Crippen LogP contribution in [0.25, 0.3) is 0 Å². The average molecular weight is 329 g/mol. The lowest BCUT2D eigenvalue weighted by Gasteiger charge is -2.02. The maximum atomic E-state index is 9.58. The molecule has 0 aromatic carbocycles. The predicted molar refractivity (Wildman–Crippen MR) is 87.4 cm³/mol. The molecule has 0 radical (unpaired) electrons. The molecule has 0 spiro atoms. The number of nitrogens with zero attached hydrogens (tertiary/aromatic N) is 6. The van der Waals surface area contributed by atoms with Crippen molar-refractivity contribution in [1.29, 1.82) is 0 Å². The van der Waals surface area contributed by atoms with Crippen molar-refractivity contribution in [3.63, 3.8) is 0 Å². The van der Waals surface area contributed by atoms with Crippen molar-refractivity contribution in [3.05, 3.63) is 60.0 Å². The van der Waals surface area contributed by atoms with Crippen LogP contribution in [-0.4, -0.2) is 33.9 Å². The lowest BCUT2D eigenvalue weighted by Crippen LogP contribution is -2.34. The summed E-state index contributed by atoms with van der Waals surface area (Å²) in [4.78, 5) is 0. The minimum absolute atomic E-state index is 0.0317. The molecule has 126 valence electrons. The standard InChI is InChI=1S/C16H21N6O2/c1-14(18-17-9-8-15-6-2-5-11-22(15)24)19-20-16-7-3-4-10-21(16)12-13-23/h2-7,10-11,23-24H,8-9,12-13H2,1H3/q+1. The van der Waals surface area contributed by atoms with Gasteiger partial charge < -0.3 is 9.67 Å². The Labute approximate surface area is 139 Å². The van der Waals surface area contributed by atoms with Gasteiger partial charge in [-0.3, -0.25) is 5.21 Å². The predicted octanol–water partition coefficient (Wildman–Crippen LogP) is 0.934. The Kier molecular flexibility index (Phi) is 6.78. The number of rotatable bonds is 6. The summed E-state index contributed by atoms with van der Waals surface area (Å²) in [5, 5.41) is 34.8. The summed E-state index contributed by atoms with van der Waals surface area (Å²) in [7, 11) is 0. The molecular formula is C16H21N6O2+. The molecule has 0 fully saturated rings. The number of amidine groups is 1. The van der Waals surface area contributed by atoms with Gasteiger partial charge in [-0.25, -0.2) is 0 Å². The van der Waals surface area contributed by atoms with Gasteiger partial charge in [0.15, 0.2) is 11.3 Å². The van der Waals surface area contributed by atoms with Gasteiger partial charge in [0, 0.05) is 29.6 Å². The molecule has 2 rings (SSSR count). The fraction of sp³-hybridized carbons (Fsp3) is 0.312. The van der Waals surface area contributed by atoms with Crippen LogP contribution in [0.4, 0.5) is 0 Å². The Morgan fingerprint density at radius 1 is 1.21 bits per heavy atom. The first-order chi connectivity index (χ1) is 11.7. The van der Waals surface area contributed by atoms with E-state index in [0.29, 0.717) is 30.8 Å². The third kappa shape index (κ3) is 5.40. The molecule has 0 saturated heterocycles. The maximum Gasteiger partial charge on any atom is 0.236 e. The second kappa shape index (κ2) is 9.31. The first kappa shape index (κ1) is 17.5. The quantitative estimate of drug-likeness (QED) is 0.206. The second-order valence-electron chi connectivity index (χ2n) is 4.97. The van der Waals surface area contributed by atoms with Crippen molar-refractivity contribution in [2.24, 2.45) is 20.4 Å². The molecule has 0 aliphatic carbocycles. The molecule has 0 amide bonds. The minimum Gasteiger partial charge on any atom is -0.395 e. The van der Waals surface area contributed by atoms with Crippen molar-refractivity contribution < 1.29 is 15.0 Å². The third-order valence-corrected chi connectivity index (χ3v) is 3.16. The molecule has 2 N–H and O–H groups in total. The molecule has 24 heavy (non-hydrogen) atoms. The maximum absolute atomic E-state index is 9.58. The van der Waals surface area contributed by atoms with Crippen molar-refractivity contribution >= 4 is 5.84 Å². The van der Waals surface area contributed by atoms with E-state index in [1.165, 1.54) is 0 Å². The summed E-state index contributed by atoms with van der Waals surface area (Å²) in [6.07, 6.45) is 3.96. The fourth-order valence-electron chi connectivity index (χ4n) is 1.98. The van der Waals surface area contributed by atoms with Crippen LogP contribution in [0.2, 0.25) is 0 Å². The third-order valence-electron chi connectivity index (χ3n) is 3.16. The summed E-state index contributed by atoms with van der Waals surface area (Å²) >= 11 is 0. The Morgan fingerprint density at radius 3 is 2.83 bits per heavy atom. The number of azo groups is 1. The molecule has 8 nitrogen and oxygen atoms in total. The van der Waals surface area contributed by atoms with Crippen LogP contribution in [-0.2, 0) is 13.0 Å². The minimum atomic E-state index is 0.0317. The zero-order chi connectivity index (χ0) is 17.2. The van der Waals surface area contributed by atoms with E-state index >= 15 is 0 Å². The largest absolute Gasteiger partial charge is 0.395 e. The van der Waals surface area contributed by atoms with Gasteiger partial charge >= 0.3 is 0 Å². The van der Waals surface area contributed by atoms with Gasteiger partial charge in [0.1, 0.15) is 0 Å². The van der Waals surface area contributed by atoms with E-state index in [2.05, 4.69) is 20.4 Å². The average Bonchev–Trinajstić information content (AvgIpc) is 2.59. The van der Waals surface area contributed by atoms with Crippen molar-refractivity contribution in [1.82, 2.24) is 4.57 Å². The molecule has 0 atom stereocenters. The van der Waals surface area contributed by atoms with Crippen LogP contribution in [0.5, 0.6) is 0 Å². The van der Waals surface area contributed by atoms with Crippen LogP contribution in [0.3, 0.4) is 0 Å². The monoisotopic (exact) mass is 329 g/mol. The molecule has 0 aliphatic rings. The van der Waals surface area contributed by atoms with Crippen LogP contribution >= 0.6 is 0 Å². The summed E-state index contributed by atoms with van der Waals surface area (Å²) in [6, 6.07) is 10.9. The van der Waals surface area contributed by atoms with Crippen molar-refractivity contribution in [3.8, 4) is 0 Å². The highest BCUT2D eigenvalue weighted by Gasteiger charge is 2.06. The van der Waals surface area contributed by atoms with E-state index in [4.69, 9.17) is 5.11 Å². The first-order valence-corrected chi connectivity index (χ1v) is 7.61. The van der Waals surface area contributed by atoms with Gasteiger partial charge in [-0.2, -0.15) is 5.11 Å². The van der Waals surface area contributed by atoms with Crippen LogP contribution < -0.4 is 10.2 Å². The highest BCUT2D eigenvalue weighted by Crippen LogP contribution is 1.93. The topological polar surface area (TPSA) is 98.7 Å². The van der Waals surface area contributed by atoms with E-state index in [1.54, 1.807) is 29.8 Å². The number of aromatic nitrogens is 2. The molecule has 0 saturated carbocycles. The zero-order valence-electron chi connectivity index (χ0n) is 13.5. The summed E-state index contributed by atoms with van der Waals surface area (Å²) < 4.78 is 2.87. The smallest absolute Gasteiger partial charge is 0.236 e. The molecular weight excluding hydrogens is 308 g/mol. The van der Waals surface area contributed by atoms with Gasteiger partial charge in [-0.1, -0.05) is 6.07 Å². The zero-order valence-corrected chi connectivity index (χ0v) is 13.5. The van der Waals surface area contributed by atoms with Gasteiger partial charge in [-0.15, -0.1) is 15.3 Å². The lowest BCUT2D eigenvalue weighted by molar-refractivity contribution is -0.909. The van der Waals surface area contributed by atoms with E-state index < -0.39 is 0 Å². The molecule has 2 heterocycles. The number of pyridine rings is 2. The highest BCUT2D eigenvalue weighted by atomic mass is 16.5. The molecule has 2 aromatic heterocycles. The molecule has 0 aliphatic heterocycles. The molecule has 2 aromatic rings. The van der Waals surface area contributed by atoms with Crippen LogP contribution in [0.15, 0.2) is 69.2 Å². The summed E-state index contributed by atoms with van der Waals surface area (Å²) in [5.74, 6) is 0.430. The van der Waals surface area contributed by atoms with Gasteiger partial charge in [0.05, 0.1) is 19.6 Å². The van der Waals surface area contributed by atoms with E-state index in [1.807, 2.05) is 30.5 Å². The molecule has 0 unspecified atom stereocenters. The number of aliphatic hydroxyl groups is 1. The Balaban J connectivity index is 1.97. The van der Waals surface area contributed by atoms with Gasteiger partial charge in [0.25, 0.3) is 0 Å². The summed E-state index contributed by atoms with van der Waals surface area (Å²) in [5.41, 5.74) is 1.39. The van der Waals surface area contributed by atoms with E-state index in [0.717, 1.165) is 10.4 Å². The van der Waals surface area contributed by atoms with E-state index in [-0.39, 0.29) is 6.61 Å². The van der Waals surface area contributed by atoms with Crippen molar-refractivity contribution in [2.45, 2.75) is 19.9 Å². The molecule has 8 heteroatoms. The van der Waals surface area contributed by atoms with Crippen LogP contribution in [0.1, 0.15) is 12.6 Å². The Hall–Kier alpha value is -2.87.